The van der Waals surface area contributed by atoms with E-state index < -0.39 is 44.9 Å². The van der Waals surface area contributed by atoms with Crippen molar-refractivity contribution < 1.29 is 32.3 Å². The molecule has 14 heteroatoms. The highest BCUT2D eigenvalue weighted by atomic mass is 35.5. The van der Waals surface area contributed by atoms with Crippen LogP contribution in [0.25, 0.3) is 0 Å². The van der Waals surface area contributed by atoms with Gasteiger partial charge < -0.3 is 19.7 Å². The van der Waals surface area contributed by atoms with Gasteiger partial charge in [0.15, 0.2) is 0 Å². The fourth-order valence-corrected chi connectivity index (χ4v) is 7.21. The molecule has 0 aromatic carbocycles. The van der Waals surface area contributed by atoms with Crippen LogP contribution in [0, 0.1) is 5.92 Å². The lowest BCUT2D eigenvalue weighted by molar-refractivity contribution is -0.124. The Kier molecular flexibility index (Phi) is 8.62. The molecule has 3 saturated heterocycles. The van der Waals surface area contributed by atoms with Crippen molar-refractivity contribution in [2.24, 2.45) is 5.92 Å². The van der Waals surface area contributed by atoms with Crippen molar-refractivity contribution in [2.75, 3.05) is 31.9 Å². The van der Waals surface area contributed by atoms with Crippen LogP contribution >= 0.6 is 11.6 Å². The number of nitrogens with zero attached hydrogens (tertiary/aromatic N) is 3. The van der Waals surface area contributed by atoms with Crippen molar-refractivity contribution in [3.05, 3.63) is 23.4 Å². The Balaban J connectivity index is 1.36. The molecule has 216 valence electrons. The third-order valence-corrected chi connectivity index (χ3v) is 9.36. The summed E-state index contributed by atoms with van der Waals surface area (Å²) in [5, 5.41) is 5.33. The van der Waals surface area contributed by atoms with Crippen molar-refractivity contribution in [2.45, 2.75) is 70.1 Å². The average molecular weight is 586 g/mol. The van der Waals surface area contributed by atoms with E-state index in [9.17, 15) is 22.8 Å². The Morgan fingerprint density at radius 3 is 2.33 bits per heavy atom. The monoisotopic (exact) mass is 585 g/mol. The highest BCUT2D eigenvalue weighted by Crippen LogP contribution is 2.32. The van der Waals surface area contributed by atoms with Gasteiger partial charge in [-0.05, 0) is 64.9 Å². The van der Waals surface area contributed by atoms with Gasteiger partial charge in [0.25, 0.3) is 5.91 Å². The molecular weight excluding hydrogens is 550 g/mol. The van der Waals surface area contributed by atoms with Gasteiger partial charge in [0.2, 0.25) is 15.9 Å². The fourth-order valence-electron chi connectivity index (χ4n) is 5.20. The first-order valence-electron chi connectivity index (χ1n) is 13.1. The fraction of sp³-hybridized carbons (Fsp3) is 0.680. The van der Waals surface area contributed by atoms with Gasteiger partial charge in [-0.1, -0.05) is 11.6 Å². The zero-order valence-corrected chi connectivity index (χ0v) is 24.0. The highest BCUT2D eigenvalue weighted by Gasteiger charge is 2.51. The number of piperidine rings is 2. The molecule has 4 amide bonds. The van der Waals surface area contributed by atoms with E-state index in [1.165, 1.54) is 10.5 Å². The van der Waals surface area contributed by atoms with E-state index >= 15 is 0 Å². The average Bonchev–Trinajstić information content (AvgIpc) is 3.11. The van der Waals surface area contributed by atoms with Crippen molar-refractivity contribution in [3.8, 4) is 5.88 Å². The number of pyridine rings is 1. The molecule has 12 nitrogen and oxygen atoms in total. The minimum absolute atomic E-state index is 0.0611. The Labute approximate surface area is 233 Å². The van der Waals surface area contributed by atoms with Crippen molar-refractivity contribution >= 4 is 39.7 Å². The van der Waals surface area contributed by atoms with Crippen LogP contribution in [0.1, 0.15) is 52.9 Å². The van der Waals surface area contributed by atoms with Gasteiger partial charge in [0, 0.05) is 38.4 Å². The van der Waals surface area contributed by atoms with Gasteiger partial charge in [0.05, 0.1) is 10.8 Å². The van der Waals surface area contributed by atoms with E-state index in [2.05, 4.69) is 15.6 Å². The van der Waals surface area contributed by atoms with Gasteiger partial charge >= 0.3 is 12.1 Å². The highest BCUT2D eigenvalue weighted by molar-refractivity contribution is 7.89. The summed E-state index contributed by atoms with van der Waals surface area (Å²) in [4.78, 5) is 43.2. The molecule has 0 aliphatic carbocycles. The number of nitrogens with one attached hydrogen (secondary N) is 2. The molecule has 0 radical (unpaired) electrons. The van der Waals surface area contributed by atoms with E-state index in [1.807, 2.05) is 0 Å². The quantitative estimate of drug-likeness (QED) is 0.464. The maximum atomic E-state index is 13.5. The van der Waals surface area contributed by atoms with E-state index in [4.69, 9.17) is 21.1 Å². The number of sulfonamides is 1. The molecule has 0 bridgehead atoms. The minimum atomic E-state index is -3.89. The number of likely N-dealkylation sites (tertiary alicyclic amines) is 1. The summed E-state index contributed by atoms with van der Waals surface area (Å²) >= 11 is 5.86. The van der Waals surface area contributed by atoms with Crippen LogP contribution in [0.2, 0.25) is 5.02 Å². The predicted octanol–water partition coefficient (Wildman–Crippen LogP) is 2.52. The molecular formula is C25H36ClN5O7S. The molecule has 0 spiro atoms. The third kappa shape index (κ3) is 7.52. The molecule has 3 aliphatic heterocycles. The number of urea groups is 1. The largest absolute Gasteiger partial charge is 0.474 e. The number of imide groups is 1. The summed E-state index contributed by atoms with van der Waals surface area (Å²) in [6.45, 7) is 6.70. The van der Waals surface area contributed by atoms with Crippen LogP contribution in [-0.4, -0.2) is 89.8 Å². The standard InChI is InChI=1S/C25H36ClN5O7S/c1-24(2,3)38-23(34)30-10-6-17(7-11-30)14-25(21(32)28-22(33)29-25)16-39(35,36)31-12-8-19(9-13-31)37-20-5-4-18(26)15-27-20/h4-5,15,17,19H,6-14,16H2,1-3H3,(H2,28,29,32,33). The van der Waals surface area contributed by atoms with Crippen molar-refractivity contribution in [3.63, 3.8) is 0 Å². The molecule has 4 rings (SSSR count). The van der Waals surface area contributed by atoms with Crippen LogP contribution < -0.4 is 15.4 Å². The van der Waals surface area contributed by atoms with Crippen LogP contribution in [-0.2, 0) is 19.6 Å². The molecule has 3 aliphatic rings. The van der Waals surface area contributed by atoms with E-state index in [0.29, 0.717) is 49.7 Å². The van der Waals surface area contributed by atoms with Gasteiger partial charge in [0.1, 0.15) is 17.2 Å². The Morgan fingerprint density at radius 1 is 1.13 bits per heavy atom. The molecule has 1 unspecified atom stereocenters. The van der Waals surface area contributed by atoms with Gasteiger partial charge in [-0.15, -0.1) is 0 Å². The van der Waals surface area contributed by atoms with Gasteiger partial charge in [-0.3, -0.25) is 10.1 Å². The molecule has 1 aromatic heterocycles. The molecule has 39 heavy (non-hydrogen) atoms. The maximum absolute atomic E-state index is 13.5. The summed E-state index contributed by atoms with van der Waals surface area (Å²) in [7, 11) is -3.89. The van der Waals surface area contributed by atoms with Crippen molar-refractivity contribution in [1.29, 1.82) is 0 Å². The summed E-state index contributed by atoms with van der Waals surface area (Å²) in [5.41, 5.74) is -2.18. The number of amides is 4. The summed E-state index contributed by atoms with van der Waals surface area (Å²) in [6.07, 6.45) is 3.08. The first-order valence-corrected chi connectivity index (χ1v) is 15.1. The van der Waals surface area contributed by atoms with E-state index in [1.54, 1.807) is 37.8 Å². The zero-order valence-electron chi connectivity index (χ0n) is 22.4. The molecule has 1 atom stereocenters. The first-order chi connectivity index (χ1) is 18.2. The number of rotatable bonds is 7. The lowest BCUT2D eigenvalue weighted by Gasteiger charge is -2.38. The van der Waals surface area contributed by atoms with Crippen molar-refractivity contribution in [1.82, 2.24) is 24.8 Å². The molecule has 0 saturated carbocycles. The number of carbonyl (C=O) groups excluding carboxylic acids is 3. The van der Waals surface area contributed by atoms with E-state index in [-0.39, 0.29) is 31.5 Å². The van der Waals surface area contributed by atoms with E-state index in [0.717, 1.165) is 0 Å². The number of halogens is 1. The molecule has 2 N–H and O–H groups in total. The summed E-state index contributed by atoms with van der Waals surface area (Å²) in [6, 6.07) is 2.63. The Hall–Kier alpha value is -2.64. The minimum Gasteiger partial charge on any atom is -0.474 e. The zero-order chi connectivity index (χ0) is 28.4. The number of carbonyl (C=O) groups is 3. The third-order valence-electron chi connectivity index (χ3n) is 7.13. The van der Waals surface area contributed by atoms with Crippen LogP contribution in [0.15, 0.2) is 18.3 Å². The summed E-state index contributed by atoms with van der Waals surface area (Å²) in [5.74, 6) is -0.817. The number of hydrogen-bond acceptors (Lipinski definition) is 8. The SMILES string of the molecule is CC(C)(C)OC(=O)N1CCC(CC2(CS(=O)(=O)N3CCC(Oc4ccc(Cl)cn4)CC3)NC(=O)NC2=O)CC1. The molecule has 1 aromatic rings. The van der Waals surface area contributed by atoms with Gasteiger partial charge in [-0.2, -0.15) is 0 Å². The van der Waals surface area contributed by atoms with Crippen LogP contribution in [0.3, 0.4) is 0 Å². The Bertz CT molecular complexity index is 1170. The maximum Gasteiger partial charge on any atom is 0.410 e. The second-order valence-corrected chi connectivity index (χ2v) is 13.8. The topological polar surface area (TPSA) is 147 Å². The molecule has 3 fully saturated rings. The normalized spacial score (nSPS) is 23.8. The first kappa shape index (κ1) is 29.3. The molecule has 4 heterocycles. The second kappa shape index (κ2) is 11.5. The van der Waals surface area contributed by atoms with Crippen LogP contribution in [0.5, 0.6) is 5.88 Å². The second-order valence-electron chi connectivity index (χ2n) is 11.4. The lowest BCUT2D eigenvalue weighted by atomic mass is 9.83. The van der Waals surface area contributed by atoms with Gasteiger partial charge in [-0.25, -0.2) is 27.3 Å². The Morgan fingerprint density at radius 2 is 1.79 bits per heavy atom. The number of hydrogen-bond donors (Lipinski definition) is 2. The lowest BCUT2D eigenvalue weighted by Crippen LogP contribution is -2.57. The smallest absolute Gasteiger partial charge is 0.410 e. The van der Waals surface area contributed by atoms with Crippen LogP contribution in [0.4, 0.5) is 9.59 Å². The summed E-state index contributed by atoms with van der Waals surface area (Å²) < 4.78 is 39.6. The number of ether oxygens (including phenoxy) is 2. The predicted molar refractivity (Wildman–Crippen MR) is 143 cm³/mol. The number of aromatic nitrogens is 1.